The number of nitrogens with zero attached hydrogens (tertiary/aromatic N) is 2. The lowest BCUT2D eigenvalue weighted by molar-refractivity contribution is 0.129. The number of aliphatic hydroxyl groups is 1. The molecule has 0 spiro atoms. The lowest BCUT2D eigenvalue weighted by Crippen LogP contribution is -2.47. The van der Waals surface area contributed by atoms with Crippen molar-refractivity contribution in [3.63, 3.8) is 0 Å². The molecule has 152 valence electrons. The van der Waals surface area contributed by atoms with Crippen LogP contribution in [0.2, 0.25) is 0 Å². The molecule has 2 aromatic rings. The van der Waals surface area contributed by atoms with E-state index in [2.05, 4.69) is 17.1 Å². The van der Waals surface area contributed by atoms with E-state index in [9.17, 15) is 5.11 Å². The van der Waals surface area contributed by atoms with Crippen molar-refractivity contribution in [3.8, 4) is 5.75 Å². The summed E-state index contributed by atoms with van der Waals surface area (Å²) in [7, 11) is 0. The van der Waals surface area contributed by atoms with Gasteiger partial charge in [-0.15, -0.1) is 24.0 Å². The Morgan fingerprint density at radius 3 is 2.36 bits per heavy atom. The topological polar surface area (TPSA) is 57.1 Å². The first kappa shape index (κ1) is 22.5. The maximum absolute atomic E-state index is 9.50. The molecule has 1 aliphatic rings. The van der Waals surface area contributed by atoms with Crippen molar-refractivity contribution in [1.82, 2.24) is 10.2 Å². The number of para-hydroxylation sites is 1. The maximum atomic E-state index is 9.50. The molecule has 0 saturated carbocycles. The van der Waals surface area contributed by atoms with Gasteiger partial charge in [0.15, 0.2) is 5.96 Å². The van der Waals surface area contributed by atoms with E-state index in [1.54, 1.807) is 0 Å². The van der Waals surface area contributed by atoms with Crippen molar-refractivity contribution < 1.29 is 9.84 Å². The Morgan fingerprint density at radius 2 is 1.71 bits per heavy atom. The molecule has 5 nitrogen and oxygen atoms in total. The monoisotopic (exact) mass is 495 g/mol. The molecule has 2 aromatic carbocycles. The van der Waals surface area contributed by atoms with E-state index in [0.717, 1.165) is 55.3 Å². The highest BCUT2D eigenvalue weighted by molar-refractivity contribution is 14.0. The summed E-state index contributed by atoms with van der Waals surface area (Å²) in [6.45, 7) is 5.38. The van der Waals surface area contributed by atoms with Crippen LogP contribution in [-0.4, -0.2) is 41.7 Å². The summed E-state index contributed by atoms with van der Waals surface area (Å²) in [6.07, 6.45) is 2.21. The predicted molar refractivity (Wildman–Crippen MR) is 124 cm³/mol. The molecule has 0 amide bonds. The van der Waals surface area contributed by atoms with Crippen LogP contribution in [0.1, 0.15) is 30.9 Å². The Labute approximate surface area is 184 Å². The molecule has 28 heavy (non-hydrogen) atoms. The third-order valence-electron chi connectivity index (χ3n) is 4.81. The van der Waals surface area contributed by atoms with Gasteiger partial charge in [-0.25, -0.2) is 4.99 Å². The highest BCUT2D eigenvalue weighted by Gasteiger charge is 2.22. The number of hydrogen-bond acceptors (Lipinski definition) is 3. The predicted octanol–water partition coefficient (Wildman–Crippen LogP) is 3.81. The molecule has 0 unspecified atom stereocenters. The van der Waals surface area contributed by atoms with Crippen molar-refractivity contribution >= 4 is 29.9 Å². The lowest BCUT2D eigenvalue weighted by atomic mass is 10.1. The van der Waals surface area contributed by atoms with Crippen LogP contribution < -0.4 is 10.1 Å². The van der Waals surface area contributed by atoms with E-state index in [4.69, 9.17) is 9.73 Å². The number of likely N-dealkylation sites (tertiary alicyclic amines) is 1. The Kier molecular flexibility index (Phi) is 9.57. The van der Waals surface area contributed by atoms with Crippen LogP contribution in [0.25, 0.3) is 0 Å². The number of halogens is 1. The first-order chi connectivity index (χ1) is 13.3. The van der Waals surface area contributed by atoms with Crippen LogP contribution in [0, 0.1) is 0 Å². The summed E-state index contributed by atoms with van der Waals surface area (Å²) in [6, 6.07) is 17.9. The zero-order valence-corrected chi connectivity index (χ0v) is 18.7. The minimum atomic E-state index is 0. The number of rotatable bonds is 6. The van der Waals surface area contributed by atoms with Gasteiger partial charge < -0.3 is 20.1 Å². The number of aliphatic hydroxyl groups excluding tert-OH is 1. The Morgan fingerprint density at radius 1 is 1.07 bits per heavy atom. The van der Waals surface area contributed by atoms with E-state index in [1.165, 1.54) is 0 Å². The molecule has 0 radical (unpaired) electrons. The van der Waals surface area contributed by atoms with E-state index >= 15 is 0 Å². The van der Waals surface area contributed by atoms with Gasteiger partial charge in [0.2, 0.25) is 0 Å². The van der Waals surface area contributed by atoms with Crippen LogP contribution >= 0.6 is 24.0 Å². The molecule has 6 heteroatoms. The molecule has 1 aliphatic heterocycles. The van der Waals surface area contributed by atoms with Gasteiger partial charge in [-0.05, 0) is 30.2 Å². The Bertz CT molecular complexity index is 732. The number of ether oxygens (including phenoxy) is 1. The Hall–Kier alpha value is -1.80. The van der Waals surface area contributed by atoms with E-state index in [0.29, 0.717) is 6.54 Å². The molecule has 1 heterocycles. The SMILES string of the molecule is CCNC(=NCc1ccccc1CO)N1CCC(Oc2ccccc2)CC1.I. The molecule has 0 atom stereocenters. The number of hydrogen-bond donors (Lipinski definition) is 2. The molecular weight excluding hydrogens is 465 g/mol. The van der Waals surface area contributed by atoms with Gasteiger partial charge in [0, 0.05) is 32.5 Å². The van der Waals surface area contributed by atoms with Crippen molar-refractivity contribution in [2.45, 2.75) is 39.0 Å². The minimum absolute atomic E-state index is 0. The van der Waals surface area contributed by atoms with Gasteiger partial charge in [-0.2, -0.15) is 0 Å². The quantitative estimate of drug-likeness (QED) is 0.364. The first-order valence-corrected chi connectivity index (χ1v) is 9.72. The third kappa shape index (κ3) is 6.38. The second-order valence-corrected chi connectivity index (χ2v) is 6.71. The zero-order chi connectivity index (χ0) is 18.9. The molecule has 1 saturated heterocycles. The average Bonchev–Trinajstić information content (AvgIpc) is 2.73. The van der Waals surface area contributed by atoms with Gasteiger partial charge in [0.1, 0.15) is 11.9 Å². The number of guanidine groups is 1. The summed E-state index contributed by atoms with van der Waals surface area (Å²) in [5.74, 6) is 1.88. The summed E-state index contributed by atoms with van der Waals surface area (Å²) >= 11 is 0. The second-order valence-electron chi connectivity index (χ2n) is 6.71. The fourth-order valence-electron chi connectivity index (χ4n) is 3.33. The molecule has 0 aromatic heterocycles. The van der Waals surface area contributed by atoms with Gasteiger partial charge in [-0.1, -0.05) is 42.5 Å². The molecule has 1 fully saturated rings. The van der Waals surface area contributed by atoms with Gasteiger partial charge >= 0.3 is 0 Å². The normalized spacial score (nSPS) is 15.1. The van der Waals surface area contributed by atoms with Gasteiger partial charge in [0.25, 0.3) is 0 Å². The van der Waals surface area contributed by atoms with Gasteiger partial charge in [-0.3, -0.25) is 0 Å². The Balaban J connectivity index is 0.00000280. The third-order valence-corrected chi connectivity index (χ3v) is 4.81. The minimum Gasteiger partial charge on any atom is -0.490 e. The maximum Gasteiger partial charge on any atom is 0.194 e. The molecule has 2 N–H and O–H groups in total. The van der Waals surface area contributed by atoms with Crippen molar-refractivity contribution in [1.29, 1.82) is 0 Å². The van der Waals surface area contributed by atoms with Crippen molar-refractivity contribution in [2.24, 2.45) is 4.99 Å². The summed E-state index contributed by atoms with van der Waals surface area (Å²) in [4.78, 5) is 7.11. The largest absolute Gasteiger partial charge is 0.490 e. The van der Waals surface area contributed by atoms with Crippen LogP contribution in [0.15, 0.2) is 59.6 Å². The number of piperidine rings is 1. The highest BCUT2D eigenvalue weighted by Crippen LogP contribution is 2.19. The number of benzene rings is 2. The van der Waals surface area contributed by atoms with E-state index < -0.39 is 0 Å². The second kappa shape index (κ2) is 11.9. The fourth-order valence-corrected chi connectivity index (χ4v) is 3.33. The molecule has 3 rings (SSSR count). The molecular formula is C22H30IN3O2. The average molecular weight is 495 g/mol. The smallest absolute Gasteiger partial charge is 0.194 e. The first-order valence-electron chi connectivity index (χ1n) is 9.72. The van der Waals surface area contributed by atoms with Crippen LogP contribution in [-0.2, 0) is 13.2 Å². The van der Waals surface area contributed by atoms with Crippen LogP contribution in [0.3, 0.4) is 0 Å². The number of aliphatic imine (C=N–C) groups is 1. The molecule has 0 bridgehead atoms. The van der Waals surface area contributed by atoms with Gasteiger partial charge in [0.05, 0.1) is 13.2 Å². The van der Waals surface area contributed by atoms with Crippen molar-refractivity contribution in [2.75, 3.05) is 19.6 Å². The summed E-state index contributed by atoms with van der Waals surface area (Å²) < 4.78 is 6.09. The van der Waals surface area contributed by atoms with Crippen LogP contribution in [0.4, 0.5) is 0 Å². The lowest BCUT2D eigenvalue weighted by Gasteiger charge is -2.34. The number of nitrogens with one attached hydrogen (secondary N) is 1. The van der Waals surface area contributed by atoms with Crippen LogP contribution in [0.5, 0.6) is 5.75 Å². The zero-order valence-electron chi connectivity index (χ0n) is 16.4. The highest BCUT2D eigenvalue weighted by atomic mass is 127. The standard InChI is InChI=1S/C22H29N3O2.HI/c1-2-23-22(24-16-18-8-6-7-9-19(18)17-26)25-14-12-21(13-15-25)27-20-10-4-3-5-11-20;/h3-11,21,26H,2,12-17H2,1H3,(H,23,24);1H. The summed E-state index contributed by atoms with van der Waals surface area (Å²) in [5.41, 5.74) is 2.00. The van der Waals surface area contributed by atoms with Crippen molar-refractivity contribution in [3.05, 3.63) is 65.7 Å². The van der Waals surface area contributed by atoms with E-state index in [-0.39, 0.29) is 36.7 Å². The fraction of sp³-hybridized carbons (Fsp3) is 0.409. The summed E-state index contributed by atoms with van der Waals surface area (Å²) in [5, 5.41) is 12.9. The molecule has 0 aliphatic carbocycles. The van der Waals surface area contributed by atoms with E-state index in [1.807, 2.05) is 54.6 Å².